The van der Waals surface area contributed by atoms with Gasteiger partial charge in [-0.25, -0.2) is 8.42 Å². The molecule has 0 unspecified atom stereocenters. The Morgan fingerprint density at radius 2 is 1.77 bits per heavy atom. The highest BCUT2D eigenvalue weighted by Gasteiger charge is 2.35. The van der Waals surface area contributed by atoms with Crippen LogP contribution < -0.4 is 19.7 Å². The van der Waals surface area contributed by atoms with Gasteiger partial charge in [0.1, 0.15) is 5.75 Å². The Hall–Kier alpha value is -3.85. The van der Waals surface area contributed by atoms with E-state index in [4.69, 9.17) is 4.74 Å². The fourth-order valence-electron chi connectivity index (χ4n) is 4.05. The van der Waals surface area contributed by atoms with Crippen LogP contribution in [0.3, 0.4) is 0 Å². The Morgan fingerprint density at radius 3 is 2.49 bits per heavy atom. The van der Waals surface area contributed by atoms with E-state index in [1.54, 1.807) is 41.3 Å². The molecule has 0 radical (unpaired) electrons. The van der Waals surface area contributed by atoms with E-state index in [1.165, 1.54) is 19.2 Å². The monoisotopic (exact) mass is 493 g/mol. The topological polar surface area (TPSA) is 105 Å². The van der Waals surface area contributed by atoms with Crippen LogP contribution in [0.5, 0.6) is 5.75 Å². The number of sulfonamides is 1. The van der Waals surface area contributed by atoms with Gasteiger partial charge in [-0.1, -0.05) is 31.2 Å². The van der Waals surface area contributed by atoms with Crippen molar-refractivity contribution >= 4 is 38.9 Å². The van der Waals surface area contributed by atoms with Crippen molar-refractivity contribution in [3.8, 4) is 5.75 Å². The molecule has 1 atom stereocenters. The fraction of sp³-hybridized carbons (Fsp3) is 0.231. The van der Waals surface area contributed by atoms with Gasteiger partial charge in [-0.15, -0.1) is 0 Å². The van der Waals surface area contributed by atoms with Gasteiger partial charge in [-0.2, -0.15) is 0 Å². The Balaban J connectivity index is 1.45. The molecule has 182 valence electrons. The second-order valence-corrected chi connectivity index (χ2v) is 9.92. The molecule has 0 aromatic heterocycles. The van der Waals surface area contributed by atoms with Crippen molar-refractivity contribution in [1.29, 1.82) is 0 Å². The fourth-order valence-corrected chi connectivity index (χ4v) is 5.15. The normalized spacial score (nSPS) is 15.7. The lowest BCUT2D eigenvalue weighted by Crippen LogP contribution is -2.28. The molecule has 1 aliphatic heterocycles. The molecule has 1 heterocycles. The maximum absolute atomic E-state index is 12.9. The van der Waals surface area contributed by atoms with Gasteiger partial charge >= 0.3 is 0 Å². The molecule has 8 nitrogen and oxygen atoms in total. The van der Waals surface area contributed by atoms with Crippen LogP contribution in [-0.4, -0.2) is 33.9 Å². The second-order valence-electron chi connectivity index (χ2n) is 8.24. The van der Waals surface area contributed by atoms with Crippen LogP contribution in [0.25, 0.3) is 0 Å². The number of methoxy groups -OCH3 is 1. The number of rotatable bonds is 8. The number of para-hydroxylation sites is 1. The van der Waals surface area contributed by atoms with E-state index in [0.717, 1.165) is 17.7 Å². The van der Waals surface area contributed by atoms with Crippen molar-refractivity contribution in [2.75, 3.05) is 28.6 Å². The SMILES string of the molecule is CCc1ccccc1N1C[C@H](C(=O)Nc2cccc(S(=O)(=O)Nc3ccc(OC)cc3)c2)CC1=O. The van der Waals surface area contributed by atoms with Gasteiger partial charge in [0.15, 0.2) is 0 Å². The largest absolute Gasteiger partial charge is 0.497 e. The highest BCUT2D eigenvalue weighted by molar-refractivity contribution is 7.92. The number of carbonyl (C=O) groups excluding carboxylic acids is 2. The molecule has 3 aromatic rings. The van der Waals surface area contributed by atoms with Crippen molar-refractivity contribution in [2.24, 2.45) is 5.92 Å². The molecule has 0 bridgehead atoms. The minimum atomic E-state index is -3.88. The number of nitrogens with one attached hydrogen (secondary N) is 2. The smallest absolute Gasteiger partial charge is 0.261 e. The van der Waals surface area contributed by atoms with Crippen molar-refractivity contribution < 1.29 is 22.7 Å². The van der Waals surface area contributed by atoms with Crippen molar-refractivity contribution in [3.05, 3.63) is 78.4 Å². The standard InChI is InChI=1S/C26H27N3O5S/c1-3-18-7-4-5-10-24(18)29-17-19(15-25(29)30)26(31)27-21-8-6-9-23(16-21)35(32,33)28-20-11-13-22(34-2)14-12-20/h4-14,16,19,28H,3,15,17H2,1-2H3,(H,27,31)/t19-/m1/s1. The summed E-state index contributed by atoms with van der Waals surface area (Å²) in [6, 6.07) is 20.2. The zero-order chi connectivity index (χ0) is 25.0. The van der Waals surface area contributed by atoms with Gasteiger partial charge < -0.3 is 15.0 Å². The molecule has 4 rings (SSSR count). The molecule has 0 aliphatic carbocycles. The first kappa shape index (κ1) is 24.3. The van der Waals surface area contributed by atoms with Crippen LogP contribution >= 0.6 is 0 Å². The molecular formula is C26H27N3O5S. The van der Waals surface area contributed by atoms with E-state index in [2.05, 4.69) is 10.0 Å². The molecule has 0 spiro atoms. The lowest BCUT2D eigenvalue weighted by molar-refractivity contribution is -0.122. The number of hydrogen-bond donors (Lipinski definition) is 2. The third kappa shape index (κ3) is 5.46. The highest BCUT2D eigenvalue weighted by atomic mass is 32.2. The van der Waals surface area contributed by atoms with E-state index < -0.39 is 15.9 Å². The first-order chi connectivity index (χ1) is 16.8. The minimum absolute atomic E-state index is 0.00659. The summed E-state index contributed by atoms with van der Waals surface area (Å²) in [4.78, 5) is 27.3. The number of anilines is 3. The minimum Gasteiger partial charge on any atom is -0.497 e. The second kappa shape index (κ2) is 10.2. The molecular weight excluding hydrogens is 466 g/mol. The Bertz CT molecular complexity index is 1340. The summed E-state index contributed by atoms with van der Waals surface area (Å²) < 4.78 is 33.3. The summed E-state index contributed by atoms with van der Waals surface area (Å²) in [5, 5.41) is 2.77. The Kier molecular flexibility index (Phi) is 7.07. The van der Waals surface area contributed by atoms with Gasteiger partial charge in [0.25, 0.3) is 10.0 Å². The Labute approximate surface area is 205 Å². The number of aryl methyl sites for hydroxylation is 1. The van der Waals surface area contributed by atoms with Crippen molar-refractivity contribution in [1.82, 2.24) is 0 Å². The number of benzene rings is 3. The molecule has 2 amide bonds. The van der Waals surface area contributed by atoms with Crippen molar-refractivity contribution in [2.45, 2.75) is 24.7 Å². The average Bonchev–Trinajstić information content (AvgIpc) is 3.26. The molecule has 0 saturated carbocycles. The number of nitrogens with zero attached hydrogens (tertiary/aromatic N) is 1. The third-order valence-electron chi connectivity index (χ3n) is 5.91. The summed E-state index contributed by atoms with van der Waals surface area (Å²) in [5.41, 5.74) is 2.60. The van der Waals surface area contributed by atoms with E-state index in [0.29, 0.717) is 17.1 Å². The van der Waals surface area contributed by atoms with Gasteiger partial charge in [0.2, 0.25) is 11.8 Å². The highest BCUT2D eigenvalue weighted by Crippen LogP contribution is 2.29. The lowest BCUT2D eigenvalue weighted by Gasteiger charge is -2.20. The summed E-state index contributed by atoms with van der Waals surface area (Å²) in [7, 11) is -2.35. The molecule has 35 heavy (non-hydrogen) atoms. The van der Waals surface area contributed by atoms with Crippen LogP contribution in [0, 0.1) is 5.92 Å². The van der Waals surface area contributed by atoms with E-state index in [-0.39, 0.29) is 29.7 Å². The molecule has 1 saturated heterocycles. The van der Waals surface area contributed by atoms with Crippen molar-refractivity contribution in [3.63, 3.8) is 0 Å². The number of carbonyl (C=O) groups is 2. The van der Waals surface area contributed by atoms with E-state index >= 15 is 0 Å². The molecule has 2 N–H and O–H groups in total. The summed E-state index contributed by atoms with van der Waals surface area (Å²) in [6.45, 7) is 2.30. The van der Waals surface area contributed by atoms with Gasteiger partial charge in [0, 0.05) is 30.0 Å². The zero-order valence-electron chi connectivity index (χ0n) is 19.5. The van der Waals surface area contributed by atoms with Gasteiger partial charge in [-0.05, 0) is 60.5 Å². The third-order valence-corrected chi connectivity index (χ3v) is 7.29. The number of hydrogen-bond acceptors (Lipinski definition) is 5. The maximum atomic E-state index is 12.9. The van der Waals surface area contributed by atoms with E-state index in [1.807, 2.05) is 31.2 Å². The first-order valence-electron chi connectivity index (χ1n) is 11.3. The van der Waals surface area contributed by atoms with Gasteiger partial charge in [0.05, 0.1) is 17.9 Å². The number of ether oxygens (including phenoxy) is 1. The average molecular weight is 494 g/mol. The van der Waals surface area contributed by atoms with Crippen LogP contribution in [-0.2, 0) is 26.0 Å². The Morgan fingerprint density at radius 1 is 1.03 bits per heavy atom. The summed E-state index contributed by atoms with van der Waals surface area (Å²) in [5.74, 6) is -0.358. The van der Waals surface area contributed by atoms with Crippen LogP contribution in [0.2, 0.25) is 0 Å². The predicted molar refractivity (Wildman–Crippen MR) is 135 cm³/mol. The zero-order valence-corrected chi connectivity index (χ0v) is 20.3. The van der Waals surface area contributed by atoms with Crippen LogP contribution in [0.15, 0.2) is 77.7 Å². The molecule has 3 aromatic carbocycles. The quantitative estimate of drug-likeness (QED) is 0.493. The predicted octanol–water partition coefficient (Wildman–Crippen LogP) is 4.05. The summed E-state index contributed by atoms with van der Waals surface area (Å²) in [6.07, 6.45) is 0.879. The molecule has 1 aliphatic rings. The van der Waals surface area contributed by atoms with Crippen LogP contribution in [0.1, 0.15) is 18.9 Å². The first-order valence-corrected chi connectivity index (χ1v) is 12.7. The van der Waals surface area contributed by atoms with Crippen LogP contribution in [0.4, 0.5) is 17.1 Å². The van der Waals surface area contributed by atoms with Gasteiger partial charge in [-0.3, -0.25) is 14.3 Å². The maximum Gasteiger partial charge on any atom is 0.261 e. The summed E-state index contributed by atoms with van der Waals surface area (Å²) >= 11 is 0. The lowest BCUT2D eigenvalue weighted by atomic mass is 10.1. The molecule has 9 heteroatoms. The van der Waals surface area contributed by atoms with E-state index in [9.17, 15) is 18.0 Å². The molecule has 1 fully saturated rings. The number of amides is 2.